The second-order valence-corrected chi connectivity index (χ2v) is 8.75. The molecule has 0 unspecified atom stereocenters. The van der Waals surface area contributed by atoms with Crippen LogP contribution in [0, 0.1) is 0 Å². The SMILES string of the molecule is CN(C)CCCNC(=O)c1cccc(NC(=C2C(=O)Nc3cc(C(=O)O)ccc32)c2ccccc2)c1. The lowest BCUT2D eigenvalue weighted by Crippen LogP contribution is -2.27. The molecule has 0 radical (unpaired) electrons. The van der Waals surface area contributed by atoms with Crippen LogP contribution in [0.15, 0.2) is 72.8 Å². The number of carboxylic acids is 1. The standard InChI is InChI=1S/C28H28N4O4/c1-32(2)15-7-14-29-26(33)19-10-6-11-21(16-19)30-25(18-8-4-3-5-9-18)24-22-13-12-20(28(35)36)17-23(22)31-27(24)34/h3-6,8-13,16-17,30H,7,14-15H2,1-2H3,(H,29,33)(H,31,34)(H,35,36). The first-order valence-electron chi connectivity index (χ1n) is 11.6. The van der Waals surface area contributed by atoms with Gasteiger partial charge in [-0.2, -0.15) is 0 Å². The maximum atomic E-state index is 13.1. The molecule has 0 aliphatic carbocycles. The lowest BCUT2D eigenvalue weighted by molar-refractivity contribution is -0.110. The van der Waals surface area contributed by atoms with Crippen molar-refractivity contribution in [1.29, 1.82) is 0 Å². The summed E-state index contributed by atoms with van der Waals surface area (Å²) in [4.78, 5) is 39.2. The summed E-state index contributed by atoms with van der Waals surface area (Å²) in [6, 6.07) is 21.0. The number of benzene rings is 3. The van der Waals surface area contributed by atoms with Gasteiger partial charge < -0.3 is 26.0 Å². The Morgan fingerprint density at radius 3 is 2.39 bits per heavy atom. The van der Waals surface area contributed by atoms with Crippen molar-refractivity contribution in [3.05, 3.63) is 95.1 Å². The first kappa shape index (κ1) is 24.7. The first-order chi connectivity index (χ1) is 17.3. The van der Waals surface area contributed by atoms with E-state index >= 15 is 0 Å². The molecule has 0 spiro atoms. The fraction of sp³-hybridized carbons (Fsp3) is 0.179. The Balaban J connectivity index is 1.67. The van der Waals surface area contributed by atoms with E-state index in [0.29, 0.717) is 40.3 Å². The van der Waals surface area contributed by atoms with Gasteiger partial charge in [0.25, 0.3) is 11.8 Å². The van der Waals surface area contributed by atoms with Gasteiger partial charge in [0.2, 0.25) is 0 Å². The van der Waals surface area contributed by atoms with E-state index in [1.165, 1.54) is 12.1 Å². The van der Waals surface area contributed by atoms with Crippen molar-refractivity contribution >= 4 is 40.4 Å². The average molecular weight is 485 g/mol. The van der Waals surface area contributed by atoms with Gasteiger partial charge in [-0.05, 0) is 63.0 Å². The number of nitrogens with one attached hydrogen (secondary N) is 3. The highest BCUT2D eigenvalue weighted by Gasteiger charge is 2.29. The number of rotatable bonds is 9. The Labute approximate surface area is 209 Å². The predicted molar refractivity (Wildman–Crippen MR) is 141 cm³/mol. The lowest BCUT2D eigenvalue weighted by Gasteiger charge is -2.16. The number of carbonyl (C=O) groups excluding carboxylic acids is 2. The summed E-state index contributed by atoms with van der Waals surface area (Å²) < 4.78 is 0. The van der Waals surface area contributed by atoms with E-state index in [4.69, 9.17) is 0 Å². The van der Waals surface area contributed by atoms with Crippen molar-refractivity contribution in [3.63, 3.8) is 0 Å². The van der Waals surface area contributed by atoms with E-state index in [-0.39, 0.29) is 17.4 Å². The van der Waals surface area contributed by atoms with Crippen LogP contribution in [0.5, 0.6) is 0 Å². The summed E-state index contributed by atoms with van der Waals surface area (Å²) >= 11 is 0. The minimum Gasteiger partial charge on any atom is -0.478 e. The summed E-state index contributed by atoms with van der Waals surface area (Å²) in [5, 5.41) is 18.4. The second kappa shape index (κ2) is 10.9. The van der Waals surface area contributed by atoms with Gasteiger partial charge in [0.1, 0.15) is 0 Å². The molecule has 1 aliphatic heterocycles. The molecule has 2 amide bonds. The van der Waals surface area contributed by atoms with Crippen molar-refractivity contribution in [1.82, 2.24) is 10.2 Å². The van der Waals surface area contributed by atoms with Crippen molar-refractivity contribution in [3.8, 4) is 0 Å². The van der Waals surface area contributed by atoms with Crippen LogP contribution in [0.3, 0.4) is 0 Å². The van der Waals surface area contributed by atoms with E-state index in [1.807, 2.05) is 50.5 Å². The number of fused-ring (bicyclic) bond motifs is 1. The van der Waals surface area contributed by atoms with Crippen LogP contribution in [-0.2, 0) is 4.79 Å². The quantitative estimate of drug-likeness (QED) is 0.270. The van der Waals surface area contributed by atoms with Gasteiger partial charge in [-0.3, -0.25) is 9.59 Å². The van der Waals surface area contributed by atoms with E-state index in [9.17, 15) is 19.5 Å². The van der Waals surface area contributed by atoms with E-state index in [0.717, 1.165) is 18.5 Å². The van der Waals surface area contributed by atoms with Crippen molar-refractivity contribution in [2.24, 2.45) is 0 Å². The smallest absolute Gasteiger partial charge is 0.335 e. The van der Waals surface area contributed by atoms with E-state index in [1.54, 1.807) is 24.3 Å². The number of carboxylic acid groups (broad SMARTS) is 1. The number of hydrogen-bond acceptors (Lipinski definition) is 5. The number of carbonyl (C=O) groups is 3. The minimum atomic E-state index is -1.07. The minimum absolute atomic E-state index is 0.0915. The zero-order valence-corrected chi connectivity index (χ0v) is 20.2. The third kappa shape index (κ3) is 5.61. The molecule has 184 valence electrons. The molecule has 0 atom stereocenters. The third-order valence-corrected chi connectivity index (χ3v) is 5.79. The molecular weight excluding hydrogens is 456 g/mol. The van der Waals surface area contributed by atoms with E-state index < -0.39 is 5.97 Å². The lowest BCUT2D eigenvalue weighted by atomic mass is 9.99. The summed E-state index contributed by atoms with van der Waals surface area (Å²) in [7, 11) is 3.98. The van der Waals surface area contributed by atoms with Gasteiger partial charge >= 0.3 is 5.97 Å². The maximum Gasteiger partial charge on any atom is 0.335 e. The molecule has 4 N–H and O–H groups in total. The summed E-state index contributed by atoms with van der Waals surface area (Å²) in [6.45, 7) is 1.46. The van der Waals surface area contributed by atoms with Gasteiger partial charge in [0.15, 0.2) is 0 Å². The molecule has 0 fully saturated rings. The highest BCUT2D eigenvalue weighted by molar-refractivity contribution is 6.37. The molecule has 0 aromatic heterocycles. The molecule has 0 bridgehead atoms. The van der Waals surface area contributed by atoms with Crippen molar-refractivity contribution < 1.29 is 19.5 Å². The predicted octanol–water partition coefficient (Wildman–Crippen LogP) is 4.00. The van der Waals surface area contributed by atoms with Crippen molar-refractivity contribution in [2.75, 3.05) is 37.8 Å². The monoisotopic (exact) mass is 484 g/mol. The van der Waals surface area contributed by atoms with Crippen LogP contribution < -0.4 is 16.0 Å². The molecule has 36 heavy (non-hydrogen) atoms. The molecule has 0 saturated carbocycles. The van der Waals surface area contributed by atoms with Gasteiger partial charge in [-0.15, -0.1) is 0 Å². The largest absolute Gasteiger partial charge is 0.478 e. The van der Waals surface area contributed by atoms with Gasteiger partial charge in [-0.1, -0.05) is 42.5 Å². The van der Waals surface area contributed by atoms with Crippen molar-refractivity contribution in [2.45, 2.75) is 6.42 Å². The molecule has 1 heterocycles. The molecule has 1 aliphatic rings. The molecule has 8 nitrogen and oxygen atoms in total. The Hall–Kier alpha value is -4.43. The number of amides is 2. The zero-order valence-electron chi connectivity index (χ0n) is 20.2. The average Bonchev–Trinajstić information content (AvgIpc) is 3.20. The molecule has 4 rings (SSSR count). The normalized spacial score (nSPS) is 13.7. The molecule has 3 aromatic carbocycles. The second-order valence-electron chi connectivity index (χ2n) is 8.75. The molecule has 3 aromatic rings. The highest BCUT2D eigenvalue weighted by atomic mass is 16.4. The number of nitrogens with zero attached hydrogens (tertiary/aromatic N) is 1. The highest BCUT2D eigenvalue weighted by Crippen LogP contribution is 2.38. The maximum absolute atomic E-state index is 13.1. The van der Waals surface area contributed by atoms with Crippen LogP contribution >= 0.6 is 0 Å². The number of anilines is 2. The zero-order chi connectivity index (χ0) is 25.7. The first-order valence-corrected chi connectivity index (χ1v) is 11.6. The Morgan fingerprint density at radius 1 is 0.917 bits per heavy atom. The summed E-state index contributed by atoms with van der Waals surface area (Å²) in [6.07, 6.45) is 0.846. The van der Waals surface area contributed by atoms with Crippen LogP contribution in [0.1, 0.15) is 38.3 Å². The van der Waals surface area contributed by atoms with Gasteiger partial charge in [0, 0.05) is 23.4 Å². The Bertz CT molecular complexity index is 1330. The van der Waals surface area contributed by atoms with Crippen LogP contribution in [-0.4, -0.2) is 55.0 Å². The molecule has 0 saturated heterocycles. The van der Waals surface area contributed by atoms with E-state index in [2.05, 4.69) is 20.9 Å². The topological polar surface area (TPSA) is 111 Å². The van der Waals surface area contributed by atoms with Gasteiger partial charge in [-0.25, -0.2) is 4.79 Å². The third-order valence-electron chi connectivity index (χ3n) is 5.79. The Morgan fingerprint density at radius 2 is 1.67 bits per heavy atom. The Kier molecular flexibility index (Phi) is 7.46. The van der Waals surface area contributed by atoms with Gasteiger partial charge in [0.05, 0.1) is 22.5 Å². The fourth-order valence-corrected chi connectivity index (χ4v) is 4.02. The fourth-order valence-electron chi connectivity index (χ4n) is 4.02. The summed E-state index contributed by atoms with van der Waals surface area (Å²) in [5.74, 6) is -1.58. The summed E-state index contributed by atoms with van der Waals surface area (Å²) in [5.41, 5.74) is 4.01. The van der Waals surface area contributed by atoms with Crippen LogP contribution in [0.25, 0.3) is 11.3 Å². The molecular formula is C28H28N4O4. The molecule has 8 heteroatoms. The number of hydrogen-bond donors (Lipinski definition) is 4. The van der Waals surface area contributed by atoms with Crippen LogP contribution in [0.2, 0.25) is 0 Å². The number of aromatic carboxylic acids is 1. The van der Waals surface area contributed by atoms with Crippen LogP contribution in [0.4, 0.5) is 11.4 Å².